The molecule has 0 bridgehead atoms. The van der Waals surface area contributed by atoms with E-state index in [9.17, 15) is 4.39 Å². The Labute approximate surface area is 200 Å². The molecular weight excluding hydrogens is 435 g/mol. The molecule has 0 amide bonds. The molecule has 1 aromatic heterocycles. The van der Waals surface area contributed by atoms with Gasteiger partial charge in [0.1, 0.15) is 5.82 Å². The van der Waals surface area contributed by atoms with Crippen molar-refractivity contribution < 1.29 is 13.9 Å². The molecule has 0 spiro atoms. The molecule has 3 aromatic rings. The van der Waals surface area contributed by atoms with Crippen molar-refractivity contribution >= 4 is 5.69 Å². The summed E-state index contributed by atoms with van der Waals surface area (Å²) in [6.45, 7) is 9.25. The molecule has 4 rings (SSSR count). The molecule has 2 aromatic carbocycles. The van der Waals surface area contributed by atoms with Crippen molar-refractivity contribution in [2.45, 2.75) is 38.8 Å². The summed E-state index contributed by atoms with van der Waals surface area (Å²) in [5.41, 5.74) is 1.41. The molecule has 1 saturated heterocycles. The van der Waals surface area contributed by atoms with Crippen LogP contribution in [0, 0.1) is 5.82 Å². The Balaban J connectivity index is 1.70. The van der Waals surface area contributed by atoms with Gasteiger partial charge in [-0.3, -0.25) is 4.90 Å². The summed E-state index contributed by atoms with van der Waals surface area (Å²) in [4.78, 5) is 4.45. The number of hydrogen-bond acceptors (Lipinski definition) is 7. The number of hydrogen-bond donors (Lipinski definition) is 0. The lowest BCUT2D eigenvalue weighted by atomic mass is 9.98. The van der Waals surface area contributed by atoms with Gasteiger partial charge in [0.05, 0.1) is 31.5 Å². The third-order valence-corrected chi connectivity index (χ3v) is 6.77. The first-order valence-corrected chi connectivity index (χ1v) is 11.6. The summed E-state index contributed by atoms with van der Waals surface area (Å²) < 4.78 is 27.4. The molecule has 8 nitrogen and oxygen atoms in total. The number of ether oxygens (including phenoxy) is 2. The van der Waals surface area contributed by atoms with Crippen molar-refractivity contribution in [2.75, 3.05) is 45.3 Å². The predicted molar refractivity (Wildman–Crippen MR) is 129 cm³/mol. The first kappa shape index (κ1) is 23.9. The quantitative estimate of drug-likeness (QED) is 0.497. The highest BCUT2D eigenvalue weighted by atomic mass is 19.1. The highest BCUT2D eigenvalue weighted by molar-refractivity contribution is 5.48. The third kappa shape index (κ3) is 4.57. The van der Waals surface area contributed by atoms with Gasteiger partial charge < -0.3 is 14.4 Å². The number of nitrogens with zero attached hydrogens (tertiary/aromatic N) is 6. The van der Waals surface area contributed by atoms with E-state index in [4.69, 9.17) is 9.47 Å². The highest BCUT2D eigenvalue weighted by Crippen LogP contribution is 2.36. The number of para-hydroxylation sites is 1. The Hall–Kier alpha value is -3.20. The topological polar surface area (TPSA) is 68.5 Å². The van der Waals surface area contributed by atoms with Crippen LogP contribution >= 0.6 is 0 Å². The van der Waals surface area contributed by atoms with Crippen molar-refractivity contribution in [2.24, 2.45) is 0 Å². The largest absolute Gasteiger partial charge is 0.493 e. The third-order valence-electron chi connectivity index (χ3n) is 6.77. The predicted octanol–water partition coefficient (Wildman–Crippen LogP) is 3.89. The molecule has 1 fully saturated rings. The van der Waals surface area contributed by atoms with Gasteiger partial charge in [0.25, 0.3) is 0 Å². The van der Waals surface area contributed by atoms with Gasteiger partial charge in [-0.25, -0.2) is 9.07 Å². The van der Waals surface area contributed by atoms with E-state index in [0.29, 0.717) is 30.3 Å². The van der Waals surface area contributed by atoms with Crippen LogP contribution in [0.3, 0.4) is 0 Å². The number of benzene rings is 2. The number of aromatic nitrogens is 4. The minimum absolute atomic E-state index is 0.191. The van der Waals surface area contributed by atoms with E-state index >= 15 is 0 Å². The molecule has 0 aliphatic carbocycles. The Bertz CT molecular complexity index is 1110. The Morgan fingerprint density at radius 1 is 1.00 bits per heavy atom. The maximum Gasteiger partial charge on any atom is 0.173 e. The highest BCUT2D eigenvalue weighted by Gasteiger charge is 2.35. The number of methoxy groups -OCH3 is 2. The molecule has 1 atom stereocenters. The summed E-state index contributed by atoms with van der Waals surface area (Å²) >= 11 is 0. The molecule has 0 saturated carbocycles. The maximum atomic E-state index is 14.4. The van der Waals surface area contributed by atoms with Gasteiger partial charge in [-0.2, -0.15) is 0 Å². The Morgan fingerprint density at radius 2 is 1.71 bits per heavy atom. The van der Waals surface area contributed by atoms with Crippen LogP contribution in [0.5, 0.6) is 11.5 Å². The van der Waals surface area contributed by atoms with E-state index in [-0.39, 0.29) is 17.4 Å². The van der Waals surface area contributed by atoms with Crippen LogP contribution in [0.15, 0.2) is 42.5 Å². The summed E-state index contributed by atoms with van der Waals surface area (Å²) in [6, 6.07) is 12.7. The molecule has 0 radical (unpaired) electrons. The lowest BCUT2D eigenvalue weighted by Gasteiger charge is -2.40. The number of rotatable bonds is 8. The normalized spacial score (nSPS) is 15.9. The molecule has 1 aliphatic heterocycles. The maximum absolute atomic E-state index is 14.4. The zero-order chi connectivity index (χ0) is 24.3. The van der Waals surface area contributed by atoms with Gasteiger partial charge in [0.15, 0.2) is 17.3 Å². The van der Waals surface area contributed by atoms with Crippen LogP contribution in [0.4, 0.5) is 10.1 Å². The molecule has 182 valence electrons. The Morgan fingerprint density at radius 3 is 2.35 bits per heavy atom. The monoisotopic (exact) mass is 468 g/mol. The lowest BCUT2D eigenvalue weighted by Crippen LogP contribution is -2.49. The smallest absolute Gasteiger partial charge is 0.173 e. The summed E-state index contributed by atoms with van der Waals surface area (Å²) in [5.74, 6) is 1.91. The SMILES string of the molecule is CCC(C)(C)n1nnnc1[C@H](c1ccc(OC)c(OC)c1)N1CCN(c2ccccc2F)CC1. The molecule has 0 unspecified atom stereocenters. The summed E-state index contributed by atoms with van der Waals surface area (Å²) in [6.07, 6.45) is 0.880. The van der Waals surface area contributed by atoms with Crippen LogP contribution in [0.25, 0.3) is 0 Å². The molecule has 9 heteroatoms. The van der Waals surface area contributed by atoms with Crippen molar-refractivity contribution in [3.63, 3.8) is 0 Å². The van der Waals surface area contributed by atoms with Crippen molar-refractivity contribution in [1.29, 1.82) is 0 Å². The zero-order valence-corrected chi connectivity index (χ0v) is 20.5. The fraction of sp³-hybridized carbons (Fsp3) is 0.480. The van der Waals surface area contributed by atoms with E-state index < -0.39 is 0 Å². The van der Waals surface area contributed by atoms with Crippen LogP contribution in [-0.4, -0.2) is 65.5 Å². The van der Waals surface area contributed by atoms with Crippen LogP contribution in [0.2, 0.25) is 0 Å². The standard InChI is InChI=1S/C25H33FN6O2/c1-6-25(2,3)32-24(27-28-29-32)23(18-11-12-21(33-4)22(17-18)34-5)31-15-13-30(14-16-31)20-10-8-7-9-19(20)26/h7-12,17,23H,6,13-16H2,1-5H3/t23-/m0/s1. The van der Waals surface area contributed by atoms with Crippen molar-refractivity contribution in [3.8, 4) is 11.5 Å². The van der Waals surface area contributed by atoms with E-state index in [1.165, 1.54) is 6.07 Å². The van der Waals surface area contributed by atoms with E-state index in [0.717, 1.165) is 30.9 Å². The fourth-order valence-electron chi connectivity index (χ4n) is 4.42. The van der Waals surface area contributed by atoms with Gasteiger partial charge in [-0.15, -0.1) is 5.10 Å². The van der Waals surface area contributed by atoms with Crippen molar-refractivity contribution in [3.05, 3.63) is 59.7 Å². The van der Waals surface area contributed by atoms with E-state index in [1.807, 2.05) is 35.0 Å². The van der Waals surface area contributed by atoms with Crippen LogP contribution < -0.4 is 14.4 Å². The van der Waals surface area contributed by atoms with Gasteiger partial charge >= 0.3 is 0 Å². The molecule has 34 heavy (non-hydrogen) atoms. The first-order valence-electron chi connectivity index (χ1n) is 11.6. The van der Waals surface area contributed by atoms with Gasteiger partial charge in [0.2, 0.25) is 0 Å². The molecule has 0 N–H and O–H groups in total. The average Bonchev–Trinajstić information content (AvgIpc) is 3.35. The van der Waals surface area contributed by atoms with E-state index in [2.05, 4.69) is 46.1 Å². The first-order chi connectivity index (χ1) is 16.4. The fourth-order valence-corrected chi connectivity index (χ4v) is 4.42. The number of halogens is 1. The molecular formula is C25H33FN6O2. The number of tetrazole rings is 1. The van der Waals surface area contributed by atoms with Gasteiger partial charge in [-0.05, 0) is 60.5 Å². The average molecular weight is 469 g/mol. The summed E-state index contributed by atoms with van der Waals surface area (Å²) in [5, 5.41) is 12.9. The lowest BCUT2D eigenvalue weighted by molar-refractivity contribution is 0.186. The van der Waals surface area contributed by atoms with Crippen LogP contribution in [-0.2, 0) is 5.54 Å². The van der Waals surface area contributed by atoms with Crippen LogP contribution in [0.1, 0.15) is 44.6 Å². The molecule has 1 aliphatic rings. The minimum Gasteiger partial charge on any atom is -0.493 e. The number of piperazine rings is 1. The second kappa shape index (κ2) is 9.97. The second-order valence-corrected chi connectivity index (χ2v) is 9.11. The summed E-state index contributed by atoms with van der Waals surface area (Å²) in [7, 11) is 3.26. The number of anilines is 1. The zero-order valence-electron chi connectivity index (χ0n) is 20.5. The van der Waals surface area contributed by atoms with Crippen molar-refractivity contribution in [1.82, 2.24) is 25.1 Å². The second-order valence-electron chi connectivity index (χ2n) is 9.11. The van der Waals surface area contributed by atoms with Gasteiger partial charge in [0, 0.05) is 26.2 Å². The van der Waals surface area contributed by atoms with Gasteiger partial charge in [-0.1, -0.05) is 25.1 Å². The molecule has 2 heterocycles. The van der Waals surface area contributed by atoms with E-state index in [1.54, 1.807) is 20.3 Å². The minimum atomic E-state index is -0.247. The Kier molecular flexibility index (Phi) is 7.02.